The zero-order valence-corrected chi connectivity index (χ0v) is 27.7. The van der Waals surface area contributed by atoms with E-state index < -0.39 is 41.5 Å². The van der Waals surface area contributed by atoms with Gasteiger partial charge in [-0.1, -0.05) is 0 Å². The molecule has 18 heteroatoms. The van der Waals surface area contributed by atoms with Crippen LogP contribution in [-0.2, 0) is 37.8 Å². The van der Waals surface area contributed by atoms with Gasteiger partial charge < -0.3 is 61.6 Å². The highest BCUT2D eigenvalue weighted by molar-refractivity contribution is 6.06. The molecule has 260 valence electrons. The van der Waals surface area contributed by atoms with Crippen LogP contribution in [0.15, 0.2) is 49.1 Å². The lowest BCUT2D eigenvalue weighted by Gasteiger charge is -2.15. The first-order valence-electron chi connectivity index (χ1n) is 15.1. The van der Waals surface area contributed by atoms with E-state index in [1.165, 1.54) is 24.3 Å². The number of aryl methyl sites for hydroxylation is 4. The number of nitrogens with two attached hydrogens (primary N) is 2. The van der Waals surface area contributed by atoms with E-state index in [0.29, 0.717) is 22.7 Å². The van der Waals surface area contributed by atoms with E-state index in [0.717, 1.165) is 0 Å². The van der Waals surface area contributed by atoms with Gasteiger partial charge in [0.25, 0.3) is 23.6 Å². The van der Waals surface area contributed by atoms with E-state index >= 15 is 0 Å². The maximum atomic E-state index is 13.0. The van der Waals surface area contributed by atoms with E-state index in [2.05, 4.69) is 31.9 Å². The lowest BCUT2D eigenvalue weighted by molar-refractivity contribution is -0.115. The Kier molecular flexibility index (Phi) is 11.1. The molecule has 4 heterocycles. The van der Waals surface area contributed by atoms with Crippen LogP contribution in [0.2, 0.25) is 0 Å². The van der Waals surface area contributed by atoms with Crippen molar-refractivity contribution in [2.75, 3.05) is 40.9 Å². The van der Waals surface area contributed by atoms with Gasteiger partial charge in [0.2, 0.25) is 11.8 Å². The summed E-state index contributed by atoms with van der Waals surface area (Å²) in [5.74, 6) is -2.53. The number of nitrogens with one attached hydrogen (secondary N) is 6. The van der Waals surface area contributed by atoms with E-state index in [1.54, 1.807) is 78.2 Å². The SMILES string of the molecule is C[C@H](CNC(=O)c1cc(NC(=O)c2cc(NC(=O)CN)cn2C)cn1C)NC(=O)c1cc(NC(=O)c2cc(NC(=O)CN)cn2C)cn1C. The zero-order valence-electron chi connectivity index (χ0n) is 27.7. The van der Waals surface area contributed by atoms with Crippen LogP contribution in [0.3, 0.4) is 0 Å². The number of anilines is 4. The third-order valence-corrected chi connectivity index (χ3v) is 7.35. The normalized spacial score (nSPS) is 11.4. The van der Waals surface area contributed by atoms with E-state index in [-0.39, 0.29) is 42.4 Å². The highest BCUT2D eigenvalue weighted by Gasteiger charge is 2.20. The Hall–Kier alpha value is -6.14. The van der Waals surface area contributed by atoms with Gasteiger partial charge >= 0.3 is 0 Å². The fourth-order valence-electron chi connectivity index (χ4n) is 4.93. The van der Waals surface area contributed by atoms with E-state index in [9.17, 15) is 28.8 Å². The van der Waals surface area contributed by atoms with Gasteiger partial charge in [0.1, 0.15) is 22.8 Å². The Morgan fingerprint density at radius 2 is 0.878 bits per heavy atom. The maximum absolute atomic E-state index is 13.0. The summed E-state index contributed by atoms with van der Waals surface area (Å²) < 4.78 is 6.21. The predicted molar refractivity (Wildman–Crippen MR) is 182 cm³/mol. The van der Waals surface area contributed by atoms with Gasteiger partial charge in [-0.2, -0.15) is 0 Å². The molecule has 0 radical (unpaired) electrons. The van der Waals surface area contributed by atoms with Crippen molar-refractivity contribution in [1.29, 1.82) is 0 Å². The largest absolute Gasteiger partial charge is 0.349 e. The molecule has 18 nitrogen and oxygen atoms in total. The number of carbonyl (C=O) groups is 6. The fraction of sp³-hybridized carbons (Fsp3) is 0.290. The van der Waals surface area contributed by atoms with Crippen LogP contribution in [0.25, 0.3) is 0 Å². The molecule has 0 aliphatic heterocycles. The van der Waals surface area contributed by atoms with Crippen LogP contribution in [0, 0.1) is 0 Å². The number of amides is 6. The monoisotopic (exact) mass is 676 g/mol. The molecule has 0 spiro atoms. The van der Waals surface area contributed by atoms with Crippen LogP contribution >= 0.6 is 0 Å². The van der Waals surface area contributed by atoms with Crippen LogP contribution in [0.1, 0.15) is 48.9 Å². The fourth-order valence-corrected chi connectivity index (χ4v) is 4.93. The molecule has 1 atom stereocenters. The summed E-state index contributed by atoms with van der Waals surface area (Å²) in [5.41, 5.74) is 13.4. The van der Waals surface area contributed by atoms with Crippen molar-refractivity contribution >= 4 is 58.2 Å². The van der Waals surface area contributed by atoms with Gasteiger partial charge in [-0.3, -0.25) is 28.8 Å². The molecule has 0 aliphatic rings. The van der Waals surface area contributed by atoms with Gasteiger partial charge in [0.15, 0.2) is 0 Å². The van der Waals surface area contributed by atoms with Gasteiger partial charge in [0.05, 0.1) is 35.8 Å². The summed E-state index contributed by atoms with van der Waals surface area (Å²) in [4.78, 5) is 74.9. The van der Waals surface area contributed by atoms with Crippen LogP contribution < -0.4 is 43.4 Å². The lowest BCUT2D eigenvalue weighted by atomic mass is 10.3. The second kappa shape index (κ2) is 15.2. The number of aromatic nitrogens is 4. The Balaban J connectivity index is 1.30. The quantitative estimate of drug-likeness (QED) is 0.0947. The highest BCUT2D eigenvalue weighted by Crippen LogP contribution is 2.19. The summed E-state index contributed by atoms with van der Waals surface area (Å²) in [6.45, 7) is 1.44. The van der Waals surface area contributed by atoms with E-state index in [4.69, 9.17) is 11.5 Å². The van der Waals surface area contributed by atoms with Crippen LogP contribution in [0.4, 0.5) is 22.7 Å². The molecule has 0 saturated heterocycles. The van der Waals surface area contributed by atoms with Crippen LogP contribution in [0.5, 0.6) is 0 Å². The van der Waals surface area contributed by atoms with Crippen molar-refractivity contribution in [3.05, 3.63) is 71.8 Å². The summed E-state index contributed by atoms with van der Waals surface area (Å²) in [6.07, 6.45) is 6.33. The molecule has 6 amide bonds. The van der Waals surface area contributed by atoms with Gasteiger partial charge in [-0.15, -0.1) is 0 Å². The minimum Gasteiger partial charge on any atom is -0.349 e. The molecule has 0 aliphatic carbocycles. The number of nitrogens with zero attached hydrogens (tertiary/aromatic N) is 4. The maximum Gasteiger partial charge on any atom is 0.272 e. The average Bonchev–Trinajstić information content (AvgIpc) is 3.80. The molecule has 0 unspecified atom stereocenters. The highest BCUT2D eigenvalue weighted by atomic mass is 16.2. The third kappa shape index (κ3) is 8.82. The topological polar surface area (TPSA) is 246 Å². The lowest BCUT2D eigenvalue weighted by Crippen LogP contribution is -2.42. The molecule has 49 heavy (non-hydrogen) atoms. The smallest absolute Gasteiger partial charge is 0.272 e. The number of rotatable bonds is 13. The summed E-state index contributed by atoms with van der Waals surface area (Å²) in [7, 11) is 6.62. The molecule has 4 aromatic rings. The standard InChI is InChI=1S/C31H40N12O6/c1-17(35-29(47)23-9-21(16-43(23)5)39-31(49)25-7-19(14-42(25)4)37-27(45)11-33)12-34-28(46)22-8-20(15-40(22)2)38-30(48)24-6-18(13-41(24)3)36-26(44)10-32/h6-9,13-17H,10-12,32-33H2,1-5H3,(H,34,46)(H,35,47)(H,36,44)(H,37,45)(H,38,48)(H,39,49)/t17-/m1/s1. The predicted octanol–water partition coefficient (Wildman–Crippen LogP) is -0.112. The minimum atomic E-state index is -0.472. The van der Waals surface area contributed by atoms with Gasteiger partial charge in [-0.05, 0) is 31.2 Å². The second-order valence-corrected chi connectivity index (χ2v) is 11.4. The zero-order chi connectivity index (χ0) is 36.0. The first kappa shape index (κ1) is 35.7. The Morgan fingerprint density at radius 1 is 0.551 bits per heavy atom. The van der Waals surface area contributed by atoms with E-state index in [1.807, 2.05) is 0 Å². The average molecular weight is 677 g/mol. The molecular weight excluding hydrogens is 636 g/mol. The number of hydrogen-bond acceptors (Lipinski definition) is 8. The molecule has 10 N–H and O–H groups in total. The molecule has 4 aromatic heterocycles. The summed E-state index contributed by atoms with van der Waals surface area (Å²) in [6, 6.07) is 5.58. The van der Waals surface area contributed by atoms with Crippen molar-refractivity contribution in [3.8, 4) is 0 Å². The molecule has 0 fully saturated rings. The van der Waals surface area contributed by atoms with Crippen molar-refractivity contribution in [2.45, 2.75) is 13.0 Å². The van der Waals surface area contributed by atoms with Crippen molar-refractivity contribution in [2.24, 2.45) is 39.7 Å². The van der Waals surface area contributed by atoms with Crippen molar-refractivity contribution < 1.29 is 28.8 Å². The summed E-state index contributed by atoms with van der Waals surface area (Å²) >= 11 is 0. The molecule has 0 bridgehead atoms. The molecular formula is C31H40N12O6. The van der Waals surface area contributed by atoms with Crippen LogP contribution in [-0.4, -0.2) is 79.4 Å². The number of hydrogen-bond donors (Lipinski definition) is 8. The number of carbonyl (C=O) groups excluding carboxylic acids is 6. The second-order valence-electron chi connectivity index (χ2n) is 11.4. The third-order valence-electron chi connectivity index (χ3n) is 7.35. The first-order valence-corrected chi connectivity index (χ1v) is 15.1. The first-order chi connectivity index (χ1) is 23.2. The van der Waals surface area contributed by atoms with Gasteiger partial charge in [-0.25, -0.2) is 0 Å². The Bertz CT molecular complexity index is 1910. The molecule has 4 rings (SSSR count). The summed E-state index contributed by atoms with van der Waals surface area (Å²) in [5, 5.41) is 16.3. The minimum absolute atomic E-state index is 0.0998. The molecule has 0 saturated carbocycles. The molecule has 0 aromatic carbocycles. The Labute approximate surface area is 281 Å². The van der Waals surface area contributed by atoms with Gasteiger partial charge in [0, 0.05) is 65.6 Å². The van der Waals surface area contributed by atoms with Crippen molar-refractivity contribution in [3.63, 3.8) is 0 Å². The van der Waals surface area contributed by atoms with Crippen molar-refractivity contribution in [1.82, 2.24) is 28.9 Å². The Morgan fingerprint density at radius 3 is 1.24 bits per heavy atom.